The zero-order valence-corrected chi connectivity index (χ0v) is 13.3. The molecule has 0 saturated heterocycles. The van der Waals surface area contributed by atoms with Crippen molar-refractivity contribution < 1.29 is 8.76 Å². The summed E-state index contributed by atoms with van der Waals surface area (Å²) in [4.78, 5) is 0. The monoisotopic (exact) mass is 277 g/mol. The van der Waals surface area contributed by atoms with Crippen molar-refractivity contribution in [2.75, 3.05) is 13.1 Å². The van der Waals surface area contributed by atoms with Crippen molar-refractivity contribution in [3.05, 3.63) is 0 Å². The molecule has 0 aromatic rings. The van der Waals surface area contributed by atoms with Crippen molar-refractivity contribution in [1.82, 2.24) is 4.31 Å². The first-order chi connectivity index (χ1) is 8.43. The van der Waals surface area contributed by atoms with Gasteiger partial charge in [-0.1, -0.05) is 53.4 Å². The van der Waals surface area contributed by atoms with Crippen molar-refractivity contribution in [1.29, 1.82) is 0 Å². The number of unbranched alkanes of at least 4 members (excludes halogenated alkanes) is 2. The van der Waals surface area contributed by atoms with E-state index in [0.717, 1.165) is 50.6 Å². The Morgan fingerprint density at radius 1 is 0.889 bits per heavy atom. The number of rotatable bonds is 11. The maximum absolute atomic E-state index is 11.2. The first-order valence-corrected chi connectivity index (χ1v) is 8.35. The maximum Gasteiger partial charge on any atom is 0.234 e. The van der Waals surface area contributed by atoms with E-state index in [1.807, 2.05) is 0 Å². The summed E-state index contributed by atoms with van der Waals surface area (Å²) in [6, 6.07) is 0. The van der Waals surface area contributed by atoms with Crippen LogP contribution in [0.25, 0.3) is 0 Å². The van der Waals surface area contributed by atoms with Crippen molar-refractivity contribution in [3.63, 3.8) is 0 Å². The van der Waals surface area contributed by atoms with E-state index in [0.29, 0.717) is 0 Å². The quantitative estimate of drug-likeness (QED) is 0.457. The molecule has 0 heterocycles. The SMILES string of the molecule is CC(C)CCCCN(CCCCC(C)C)S(=O)O. The Labute approximate surface area is 116 Å². The second-order valence-corrected chi connectivity index (χ2v) is 6.92. The molecule has 0 aliphatic carbocycles. The van der Waals surface area contributed by atoms with Gasteiger partial charge in [-0.2, -0.15) is 0 Å². The molecule has 0 saturated carbocycles. The molecular weight excluding hydrogens is 246 g/mol. The van der Waals surface area contributed by atoms with Crippen LogP contribution in [0.4, 0.5) is 0 Å². The first kappa shape index (κ1) is 18.1. The Morgan fingerprint density at radius 2 is 1.28 bits per heavy atom. The van der Waals surface area contributed by atoms with Crippen LogP contribution in [0.5, 0.6) is 0 Å². The van der Waals surface area contributed by atoms with E-state index in [2.05, 4.69) is 27.7 Å². The lowest BCUT2D eigenvalue weighted by Gasteiger charge is -2.17. The van der Waals surface area contributed by atoms with Gasteiger partial charge in [0.2, 0.25) is 11.3 Å². The van der Waals surface area contributed by atoms with Crippen LogP contribution in [-0.4, -0.2) is 26.2 Å². The number of hydrogen-bond donors (Lipinski definition) is 1. The smallest absolute Gasteiger partial charge is 0.234 e. The van der Waals surface area contributed by atoms with Crippen LogP contribution < -0.4 is 0 Å². The summed E-state index contributed by atoms with van der Waals surface area (Å²) in [5.74, 6) is 1.45. The Hall–Kier alpha value is 0.0700. The van der Waals surface area contributed by atoms with Gasteiger partial charge >= 0.3 is 0 Å². The fourth-order valence-electron chi connectivity index (χ4n) is 1.95. The molecule has 0 radical (unpaired) electrons. The standard InChI is InChI=1S/C14H31NO2S/c1-13(2)9-5-7-11-15(18(16)17)12-8-6-10-14(3)4/h13-14H,5-12H2,1-4H3,(H,16,17). The largest absolute Gasteiger partial charge is 0.294 e. The lowest BCUT2D eigenvalue weighted by atomic mass is 10.1. The molecule has 0 aliphatic heterocycles. The minimum absolute atomic E-state index is 0.726. The van der Waals surface area contributed by atoms with Crippen LogP contribution in [0.3, 0.4) is 0 Å². The molecule has 0 bridgehead atoms. The predicted octanol–water partition coefficient (Wildman–Crippen LogP) is 4.08. The molecule has 1 N–H and O–H groups in total. The van der Waals surface area contributed by atoms with Crippen LogP contribution in [0.2, 0.25) is 0 Å². The highest BCUT2D eigenvalue weighted by molar-refractivity contribution is 7.76. The minimum Gasteiger partial charge on any atom is -0.294 e. The van der Waals surface area contributed by atoms with Crippen LogP contribution in [-0.2, 0) is 11.3 Å². The molecule has 0 amide bonds. The zero-order valence-electron chi connectivity index (χ0n) is 12.5. The van der Waals surface area contributed by atoms with Gasteiger partial charge in [0.15, 0.2) is 0 Å². The van der Waals surface area contributed by atoms with E-state index in [9.17, 15) is 8.76 Å². The summed E-state index contributed by atoms with van der Waals surface area (Å²) in [6.07, 6.45) is 6.76. The van der Waals surface area contributed by atoms with Gasteiger partial charge in [-0.05, 0) is 24.7 Å². The summed E-state index contributed by atoms with van der Waals surface area (Å²) in [6.45, 7) is 10.4. The van der Waals surface area contributed by atoms with Crippen LogP contribution in [0, 0.1) is 11.8 Å². The highest BCUT2D eigenvalue weighted by Crippen LogP contribution is 2.10. The molecule has 0 aliphatic rings. The van der Waals surface area contributed by atoms with E-state index in [1.54, 1.807) is 4.31 Å². The average molecular weight is 277 g/mol. The Morgan fingerprint density at radius 3 is 1.56 bits per heavy atom. The van der Waals surface area contributed by atoms with Gasteiger partial charge < -0.3 is 0 Å². The number of hydrogen-bond acceptors (Lipinski definition) is 1. The van der Waals surface area contributed by atoms with E-state index in [1.165, 1.54) is 12.8 Å². The van der Waals surface area contributed by atoms with E-state index in [4.69, 9.17) is 0 Å². The van der Waals surface area contributed by atoms with E-state index < -0.39 is 11.3 Å². The minimum atomic E-state index is -1.80. The average Bonchev–Trinajstić information content (AvgIpc) is 2.25. The van der Waals surface area contributed by atoms with Crippen molar-refractivity contribution in [3.8, 4) is 0 Å². The molecule has 0 fully saturated rings. The molecule has 3 nitrogen and oxygen atoms in total. The van der Waals surface area contributed by atoms with Gasteiger partial charge in [-0.15, -0.1) is 0 Å². The highest BCUT2D eigenvalue weighted by Gasteiger charge is 2.10. The first-order valence-electron chi connectivity index (χ1n) is 7.29. The second kappa shape index (κ2) is 10.9. The summed E-state index contributed by atoms with van der Waals surface area (Å²) in [5, 5.41) is 0. The molecule has 0 rings (SSSR count). The lowest BCUT2D eigenvalue weighted by molar-refractivity contribution is 0.366. The van der Waals surface area contributed by atoms with Crippen LogP contribution >= 0.6 is 0 Å². The third-order valence-electron chi connectivity index (χ3n) is 3.10. The number of nitrogens with zero attached hydrogens (tertiary/aromatic N) is 1. The van der Waals surface area contributed by atoms with E-state index in [-0.39, 0.29) is 0 Å². The molecule has 1 atom stereocenters. The van der Waals surface area contributed by atoms with Gasteiger partial charge in [0, 0.05) is 13.1 Å². The molecule has 110 valence electrons. The molecule has 1 unspecified atom stereocenters. The van der Waals surface area contributed by atoms with Gasteiger partial charge in [0.1, 0.15) is 0 Å². The molecule has 18 heavy (non-hydrogen) atoms. The Kier molecular flexibility index (Phi) is 11.0. The van der Waals surface area contributed by atoms with Gasteiger partial charge in [0.05, 0.1) is 0 Å². The molecule has 0 aromatic heterocycles. The second-order valence-electron chi connectivity index (χ2n) is 5.94. The predicted molar refractivity (Wildman–Crippen MR) is 79.7 cm³/mol. The summed E-state index contributed by atoms with van der Waals surface area (Å²) < 4.78 is 22.1. The molecular formula is C14H31NO2S. The van der Waals surface area contributed by atoms with Gasteiger partial charge in [0.25, 0.3) is 0 Å². The summed E-state index contributed by atoms with van der Waals surface area (Å²) in [7, 11) is 0. The third-order valence-corrected chi connectivity index (χ3v) is 3.91. The topological polar surface area (TPSA) is 40.5 Å². The fraction of sp³-hybridized carbons (Fsp3) is 1.00. The molecule has 4 heteroatoms. The summed E-state index contributed by atoms with van der Waals surface area (Å²) in [5.41, 5.74) is 0. The normalized spacial score (nSPS) is 13.8. The Bertz CT molecular complexity index is 204. The summed E-state index contributed by atoms with van der Waals surface area (Å²) >= 11 is -1.80. The third kappa shape index (κ3) is 11.2. The van der Waals surface area contributed by atoms with Crippen molar-refractivity contribution >= 4 is 11.3 Å². The molecule has 0 spiro atoms. The maximum atomic E-state index is 11.2. The fourth-order valence-corrected chi connectivity index (χ4v) is 2.52. The van der Waals surface area contributed by atoms with Crippen LogP contribution in [0.1, 0.15) is 66.2 Å². The molecule has 0 aromatic carbocycles. The lowest BCUT2D eigenvalue weighted by Crippen LogP contribution is -2.28. The zero-order chi connectivity index (χ0) is 14.0. The Balaban J connectivity index is 3.69. The van der Waals surface area contributed by atoms with E-state index >= 15 is 0 Å². The van der Waals surface area contributed by atoms with Crippen molar-refractivity contribution in [2.45, 2.75) is 66.2 Å². The van der Waals surface area contributed by atoms with Gasteiger partial charge in [-0.25, -0.2) is 8.51 Å². The van der Waals surface area contributed by atoms with Crippen molar-refractivity contribution in [2.24, 2.45) is 11.8 Å². The van der Waals surface area contributed by atoms with Crippen LogP contribution in [0.15, 0.2) is 0 Å². The highest BCUT2D eigenvalue weighted by atomic mass is 32.2. The van der Waals surface area contributed by atoms with Gasteiger partial charge in [-0.3, -0.25) is 4.55 Å².